The maximum absolute atomic E-state index is 12.7. The number of carbonyl (C=O) groups excluding carboxylic acids is 3. The van der Waals surface area contributed by atoms with E-state index in [1.807, 2.05) is 0 Å². The third-order valence-corrected chi connectivity index (χ3v) is 11.2. The fraction of sp³-hybridized carbons (Fsp3) is 0.865. The predicted octanol–water partition coefficient (Wildman–Crippen LogP) is 16.4. The fourth-order valence-corrected chi connectivity index (χ4v) is 7.31. The van der Waals surface area contributed by atoms with Gasteiger partial charge in [-0.2, -0.15) is 0 Å². The minimum absolute atomic E-state index is 0.0728. The molecule has 0 saturated carbocycles. The molecular formula is C52H96O6. The second-order valence-electron chi connectivity index (χ2n) is 17.1. The van der Waals surface area contributed by atoms with Gasteiger partial charge < -0.3 is 14.2 Å². The summed E-state index contributed by atoms with van der Waals surface area (Å²) in [5.41, 5.74) is 0. The summed E-state index contributed by atoms with van der Waals surface area (Å²) < 4.78 is 16.8. The molecule has 0 amide bonds. The molecule has 1 atom stereocenters. The molecule has 0 aromatic rings. The molecule has 0 unspecified atom stereocenters. The van der Waals surface area contributed by atoms with Gasteiger partial charge in [0.25, 0.3) is 0 Å². The zero-order chi connectivity index (χ0) is 42.3. The quantitative estimate of drug-likeness (QED) is 0.0263. The molecule has 0 radical (unpaired) electrons. The number of allylic oxidation sites excluding steroid dienone is 4. The van der Waals surface area contributed by atoms with Crippen LogP contribution in [-0.4, -0.2) is 37.2 Å². The first-order valence-corrected chi connectivity index (χ1v) is 25.3. The van der Waals surface area contributed by atoms with E-state index in [-0.39, 0.29) is 31.1 Å². The maximum atomic E-state index is 12.7. The zero-order valence-corrected chi connectivity index (χ0v) is 38.8. The Bertz CT molecular complexity index is 942. The number of ether oxygens (including phenoxy) is 3. The van der Waals surface area contributed by atoms with Crippen LogP contribution >= 0.6 is 0 Å². The predicted molar refractivity (Wildman–Crippen MR) is 247 cm³/mol. The molecule has 0 N–H and O–H groups in total. The van der Waals surface area contributed by atoms with Crippen LogP contribution in [-0.2, 0) is 28.6 Å². The van der Waals surface area contributed by atoms with Crippen molar-refractivity contribution in [3.05, 3.63) is 24.3 Å². The SMILES string of the molecule is CCCCCC/C=C\CCCCCCCC(=O)O[C@@H](COC(=O)CCCCCCCCC/C=C\CCCCCCCC)COC(=O)CCCCCCCCCCCC. The van der Waals surface area contributed by atoms with Crippen LogP contribution in [0.3, 0.4) is 0 Å². The molecule has 0 aromatic carbocycles. The third kappa shape index (κ3) is 45.0. The van der Waals surface area contributed by atoms with E-state index in [9.17, 15) is 14.4 Å². The van der Waals surface area contributed by atoms with Crippen molar-refractivity contribution in [3.63, 3.8) is 0 Å². The number of esters is 3. The van der Waals surface area contributed by atoms with E-state index in [1.54, 1.807) is 0 Å². The van der Waals surface area contributed by atoms with Crippen LogP contribution in [0.25, 0.3) is 0 Å². The summed E-state index contributed by atoms with van der Waals surface area (Å²) >= 11 is 0. The van der Waals surface area contributed by atoms with Gasteiger partial charge in [-0.05, 0) is 70.6 Å². The minimum Gasteiger partial charge on any atom is -0.462 e. The molecule has 0 aromatic heterocycles. The van der Waals surface area contributed by atoms with E-state index in [0.717, 1.165) is 64.2 Å². The van der Waals surface area contributed by atoms with E-state index in [1.165, 1.54) is 167 Å². The molecule has 0 aliphatic rings. The number of hydrogen-bond acceptors (Lipinski definition) is 6. The van der Waals surface area contributed by atoms with Crippen LogP contribution in [0.5, 0.6) is 0 Å². The summed E-state index contributed by atoms with van der Waals surface area (Å²) in [6.45, 7) is 6.61. The average Bonchev–Trinajstić information content (AvgIpc) is 3.22. The molecular weight excluding hydrogens is 721 g/mol. The average molecular weight is 817 g/mol. The largest absolute Gasteiger partial charge is 0.462 e. The molecule has 0 heterocycles. The van der Waals surface area contributed by atoms with Gasteiger partial charge in [0.2, 0.25) is 0 Å². The highest BCUT2D eigenvalue weighted by atomic mass is 16.6. The summed E-state index contributed by atoms with van der Waals surface area (Å²) in [7, 11) is 0. The molecule has 340 valence electrons. The lowest BCUT2D eigenvalue weighted by Gasteiger charge is -2.18. The summed E-state index contributed by atoms with van der Waals surface area (Å²) in [5.74, 6) is -0.878. The van der Waals surface area contributed by atoms with Crippen molar-refractivity contribution in [2.45, 2.75) is 277 Å². The Morgan fingerprint density at radius 1 is 0.328 bits per heavy atom. The second kappa shape index (κ2) is 47.6. The molecule has 0 fully saturated rings. The van der Waals surface area contributed by atoms with Crippen molar-refractivity contribution >= 4 is 17.9 Å². The molecule has 58 heavy (non-hydrogen) atoms. The molecule has 6 nitrogen and oxygen atoms in total. The van der Waals surface area contributed by atoms with Gasteiger partial charge in [-0.1, -0.05) is 206 Å². The van der Waals surface area contributed by atoms with E-state index in [4.69, 9.17) is 14.2 Å². The Kier molecular flexibility index (Phi) is 45.8. The Balaban J connectivity index is 4.32. The number of carbonyl (C=O) groups is 3. The first-order chi connectivity index (χ1) is 28.5. The van der Waals surface area contributed by atoms with Crippen LogP contribution in [0.15, 0.2) is 24.3 Å². The van der Waals surface area contributed by atoms with Crippen molar-refractivity contribution in [3.8, 4) is 0 Å². The minimum atomic E-state index is -0.771. The van der Waals surface area contributed by atoms with Crippen molar-refractivity contribution in [2.75, 3.05) is 13.2 Å². The molecule has 0 rings (SSSR count). The molecule has 0 saturated heterocycles. The van der Waals surface area contributed by atoms with Gasteiger partial charge in [0.05, 0.1) is 0 Å². The molecule has 0 bridgehead atoms. The molecule has 0 spiro atoms. The fourth-order valence-electron chi connectivity index (χ4n) is 7.31. The lowest BCUT2D eigenvalue weighted by Crippen LogP contribution is -2.30. The van der Waals surface area contributed by atoms with Crippen LogP contribution in [0.1, 0.15) is 271 Å². The van der Waals surface area contributed by atoms with Crippen molar-refractivity contribution < 1.29 is 28.6 Å². The number of rotatable bonds is 46. The van der Waals surface area contributed by atoms with Crippen LogP contribution in [0, 0.1) is 0 Å². The third-order valence-electron chi connectivity index (χ3n) is 11.2. The van der Waals surface area contributed by atoms with Gasteiger partial charge in [-0.15, -0.1) is 0 Å². The lowest BCUT2D eigenvalue weighted by atomic mass is 10.1. The monoisotopic (exact) mass is 817 g/mol. The van der Waals surface area contributed by atoms with Crippen molar-refractivity contribution in [1.29, 1.82) is 0 Å². The topological polar surface area (TPSA) is 78.9 Å². The number of hydrogen-bond donors (Lipinski definition) is 0. The van der Waals surface area contributed by atoms with E-state index >= 15 is 0 Å². The first-order valence-electron chi connectivity index (χ1n) is 25.3. The molecule has 0 aliphatic carbocycles. The van der Waals surface area contributed by atoms with E-state index in [2.05, 4.69) is 45.1 Å². The van der Waals surface area contributed by atoms with Crippen molar-refractivity contribution in [1.82, 2.24) is 0 Å². The Labute approximate surface area is 360 Å². The van der Waals surface area contributed by atoms with Crippen LogP contribution in [0.2, 0.25) is 0 Å². The number of unbranched alkanes of at least 4 members (excludes halogenated alkanes) is 31. The van der Waals surface area contributed by atoms with Crippen LogP contribution in [0.4, 0.5) is 0 Å². The zero-order valence-electron chi connectivity index (χ0n) is 38.8. The van der Waals surface area contributed by atoms with E-state index in [0.29, 0.717) is 19.3 Å². The van der Waals surface area contributed by atoms with Gasteiger partial charge >= 0.3 is 17.9 Å². The van der Waals surface area contributed by atoms with E-state index < -0.39 is 6.10 Å². The van der Waals surface area contributed by atoms with Crippen molar-refractivity contribution in [2.24, 2.45) is 0 Å². The highest BCUT2D eigenvalue weighted by molar-refractivity contribution is 5.71. The van der Waals surface area contributed by atoms with Gasteiger partial charge in [0, 0.05) is 19.3 Å². The maximum Gasteiger partial charge on any atom is 0.306 e. The van der Waals surface area contributed by atoms with Gasteiger partial charge in [0.15, 0.2) is 6.10 Å². The van der Waals surface area contributed by atoms with Crippen LogP contribution < -0.4 is 0 Å². The van der Waals surface area contributed by atoms with Gasteiger partial charge in [-0.25, -0.2) is 0 Å². The summed E-state index contributed by atoms with van der Waals surface area (Å²) in [6.07, 6.45) is 53.0. The summed E-state index contributed by atoms with van der Waals surface area (Å²) in [6, 6.07) is 0. The van der Waals surface area contributed by atoms with Gasteiger partial charge in [0.1, 0.15) is 13.2 Å². The first kappa shape index (κ1) is 55.9. The smallest absolute Gasteiger partial charge is 0.306 e. The summed E-state index contributed by atoms with van der Waals surface area (Å²) in [5, 5.41) is 0. The Hall–Kier alpha value is -2.11. The Morgan fingerprint density at radius 2 is 0.569 bits per heavy atom. The summed E-state index contributed by atoms with van der Waals surface area (Å²) in [4.78, 5) is 37.8. The standard InChI is InChI=1S/C52H96O6/c1-4-7-10-13-16-19-22-24-25-26-27-29-30-33-36-39-42-45-51(54)57-48-49(47-56-50(53)44-41-38-35-32-21-18-15-12-9-6-3)58-52(55)46-43-40-37-34-31-28-23-20-17-14-11-8-5-2/h20,23-25,49H,4-19,21-22,26-48H2,1-3H3/b23-20-,25-24-/t49-/m1/s1. The molecule has 6 heteroatoms. The van der Waals surface area contributed by atoms with Gasteiger partial charge in [-0.3, -0.25) is 14.4 Å². The lowest BCUT2D eigenvalue weighted by molar-refractivity contribution is -0.167. The highest BCUT2D eigenvalue weighted by Gasteiger charge is 2.19. The normalized spacial score (nSPS) is 12.1. The second-order valence-corrected chi connectivity index (χ2v) is 17.1. The highest BCUT2D eigenvalue weighted by Crippen LogP contribution is 2.15. The Morgan fingerprint density at radius 3 is 0.879 bits per heavy atom. The molecule has 0 aliphatic heterocycles.